The molecular formula is C34H44N4O9S2. The Morgan fingerprint density at radius 1 is 1.08 bits per heavy atom. The third-order valence-corrected chi connectivity index (χ3v) is 11.3. The Morgan fingerprint density at radius 3 is 2.59 bits per heavy atom. The van der Waals surface area contributed by atoms with Crippen LogP contribution in [0.2, 0.25) is 0 Å². The Hall–Kier alpha value is -4.05. The number of benzene rings is 2. The van der Waals surface area contributed by atoms with Gasteiger partial charge in [0.2, 0.25) is 6.79 Å². The number of carbonyl (C=O) groups excluding carboxylic acids is 2. The summed E-state index contributed by atoms with van der Waals surface area (Å²) in [7, 11) is -2.19. The number of rotatable bonds is 8. The largest absolute Gasteiger partial charge is 0.490 e. The molecule has 3 aromatic rings. The van der Waals surface area contributed by atoms with Gasteiger partial charge in [0.05, 0.1) is 30.4 Å². The molecule has 1 aromatic heterocycles. The topological polar surface area (TPSA) is 156 Å². The number of ether oxygens (including phenoxy) is 4. The molecule has 2 aromatic carbocycles. The Bertz CT molecular complexity index is 1700. The Kier molecular flexibility index (Phi) is 11.9. The van der Waals surface area contributed by atoms with Gasteiger partial charge in [-0.25, -0.2) is 13.2 Å². The number of nitrogens with one attached hydrogen (secondary N) is 2. The molecule has 3 amide bonds. The molecule has 0 saturated heterocycles. The monoisotopic (exact) mass is 716 g/mol. The highest BCUT2D eigenvalue weighted by molar-refractivity contribution is 7.94. The standard InChI is InChI=1S/C34H44N4O9S2/c1-22-18-38(23(2)20-39)33(40)27-16-26(36-49(42,43)32-9-7-15-48-32)11-12-28(27)47-24(3)8-5-6-14-44-31(22)19-37(4)34(41)35-25-10-13-29-30(17-25)46-21-45-29/h7,9-13,15-17,22-24,31,36,39H,5-6,8,14,18-21H2,1-4H3,(H,35,41)/t22-,23-,24-,31+/m0/s1. The molecule has 2 aliphatic heterocycles. The van der Waals surface area contributed by atoms with Crippen LogP contribution < -0.4 is 24.2 Å². The fourth-order valence-corrected chi connectivity index (χ4v) is 7.66. The number of fused-ring (bicyclic) bond motifs is 2. The molecule has 5 rings (SSSR count). The maximum absolute atomic E-state index is 14.4. The lowest BCUT2D eigenvalue weighted by Gasteiger charge is -2.35. The van der Waals surface area contributed by atoms with Gasteiger partial charge in [0.15, 0.2) is 11.5 Å². The van der Waals surface area contributed by atoms with Gasteiger partial charge in [-0.3, -0.25) is 9.52 Å². The lowest BCUT2D eigenvalue weighted by atomic mass is 10.0. The molecule has 266 valence electrons. The van der Waals surface area contributed by atoms with Crippen molar-refractivity contribution in [1.82, 2.24) is 9.80 Å². The SMILES string of the molecule is C[C@H]1CCCCO[C@H](CN(C)C(=O)Nc2ccc3c(c2)OCO3)[C@@H](C)CN([C@@H](C)CO)C(=O)c2cc(NS(=O)(=O)c3cccs3)ccc2O1. The predicted molar refractivity (Wildman–Crippen MR) is 186 cm³/mol. The van der Waals surface area contributed by atoms with E-state index < -0.39 is 28.1 Å². The van der Waals surface area contributed by atoms with Gasteiger partial charge in [-0.1, -0.05) is 13.0 Å². The summed E-state index contributed by atoms with van der Waals surface area (Å²) in [4.78, 5) is 30.7. The molecule has 2 aliphatic rings. The molecule has 3 N–H and O–H groups in total. The van der Waals surface area contributed by atoms with E-state index in [4.69, 9.17) is 18.9 Å². The zero-order chi connectivity index (χ0) is 35.1. The fourth-order valence-electron chi connectivity index (χ4n) is 5.62. The number of amides is 3. The van der Waals surface area contributed by atoms with E-state index in [1.807, 2.05) is 13.8 Å². The highest BCUT2D eigenvalue weighted by atomic mass is 32.2. The molecule has 4 atom stereocenters. The zero-order valence-electron chi connectivity index (χ0n) is 28.1. The van der Waals surface area contributed by atoms with Gasteiger partial charge in [-0.2, -0.15) is 0 Å². The molecule has 0 radical (unpaired) electrons. The summed E-state index contributed by atoms with van der Waals surface area (Å²) < 4.78 is 52.1. The first-order valence-corrected chi connectivity index (χ1v) is 18.6. The van der Waals surface area contributed by atoms with Crippen LogP contribution in [0.1, 0.15) is 50.4 Å². The minimum atomic E-state index is -3.87. The van der Waals surface area contributed by atoms with Crippen molar-refractivity contribution in [3.05, 3.63) is 59.5 Å². The average molecular weight is 717 g/mol. The van der Waals surface area contributed by atoms with Crippen molar-refractivity contribution in [2.24, 2.45) is 5.92 Å². The third kappa shape index (κ3) is 9.15. The van der Waals surface area contributed by atoms with Gasteiger partial charge in [0.1, 0.15) is 9.96 Å². The molecule has 0 bridgehead atoms. The van der Waals surface area contributed by atoms with Gasteiger partial charge in [0.25, 0.3) is 15.9 Å². The second-order valence-corrected chi connectivity index (χ2v) is 15.3. The summed E-state index contributed by atoms with van der Waals surface area (Å²) in [6, 6.07) is 12.1. The number of thiophene rings is 1. The first kappa shape index (κ1) is 36.2. The Balaban J connectivity index is 1.38. The molecule has 49 heavy (non-hydrogen) atoms. The van der Waals surface area contributed by atoms with E-state index in [-0.39, 0.29) is 60.0 Å². The van der Waals surface area contributed by atoms with Gasteiger partial charge in [0, 0.05) is 50.1 Å². The molecule has 15 heteroatoms. The summed E-state index contributed by atoms with van der Waals surface area (Å²) in [5.74, 6) is 0.788. The first-order chi connectivity index (χ1) is 23.4. The van der Waals surface area contributed by atoms with Gasteiger partial charge < -0.3 is 39.2 Å². The maximum Gasteiger partial charge on any atom is 0.321 e. The van der Waals surface area contributed by atoms with E-state index in [0.29, 0.717) is 36.0 Å². The van der Waals surface area contributed by atoms with Crippen molar-refractivity contribution in [2.75, 3.05) is 50.2 Å². The van der Waals surface area contributed by atoms with Crippen LogP contribution in [-0.4, -0.2) is 93.7 Å². The van der Waals surface area contributed by atoms with Crippen molar-refractivity contribution in [3.8, 4) is 17.2 Å². The predicted octanol–water partition coefficient (Wildman–Crippen LogP) is 5.24. The number of carbonyl (C=O) groups is 2. The summed E-state index contributed by atoms with van der Waals surface area (Å²) >= 11 is 1.09. The second-order valence-electron chi connectivity index (χ2n) is 12.4. The van der Waals surface area contributed by atoms with E-state index in [1.54, 1.807) is 60.6 Å². The minimum absolute atomic E-state index is 0.130. The summed E-state index contributed by atoms with van der Waals surface area (Å²) in [6.07, 6.45) is 1.56. The normalized spacial score (nSPS) is 20.8. The molecule has 0 aliphatic carbocycles. The number of likely N-dealkylation sites (N-methyl/N-ethyl adjacent to an activating group) is 1. The van der Waals surface area contributed by atoms with E-state index in [1.165, 1.54) is 17.0 Å². The minimum Gasteiger partial charge on any atom is -0.490 e. The second kappa shape index (κ2) is 16.1. The van der Waals surface area contributed by atoms with E-state index >= 15 is 0 Å². The van der Waals surface area contributed by atoms with Crippen molar-refractivity contribution < 1.29 is 42.1 Å². The summed E-state index contributed by atoms with van der Waals surface area (Å²) in [5.41, 5.74) is 0.931. The number of aliphatic hydroxyl groups is 1. The average Bonchev–Trinajstić information content (AvgIpc) is 3.79. The Labute approximate surface area is 291 Å². The van der Waals surface area contributed by atoms with Crippen LogP contribution in [0.15, 0.2) is 58.1 Å². The highest BCUT2D eigenvalue weighted by Gasteiger charge is 2.31. The summed E-state index contributed by atoms with van der Waals surface area (Å²) in [5, 5.41) is 14.8. The molecule has 3 heterocycles. The van der Waals surface area contributed by atoms with Crippen LogP contribution in [0.5, 0.6) is 17.2 Å². The van der Waals surface area contributed by atoms with Gasteiger partial charge in [-0.15, -0.1) is 11.3 Å². The third-order valence-electron chi connectivity index (χ3n) is 8.49. The van der Waals surface area contributed by atoms with Crippen LogP contribution in [-0.2, 0) is 14.8 Å². The van der Waals surface area contributed by atoms with Crippen molar-refractivity contribution >= 4 is 44.7 Å². The number of sulfonamides is 1. The molecular weight excluding hydrogens is 673 g/mol. The van der Waals surface area contributed by atoms with Gasteiger partial charge in [-0.05, 0) is 74.9 Å². The van der Waals surface area contributed by atoms with Crippen molar-refractivity contribution in [1.29, 1.82) is 0 Å². The quantitative estimate of drug-likeness (QED) is 0.284. The Morgan fingerprint density at radius 2 is 1.84 bits per heavy atom. The molecule has 0 unspecified atom stereocenters. The van der Waals surface area contributed by atoms with Crippen LogP contribution in [0.4, 0.5) is 16.2 Å². The molecule has 0 fully saturated rings. The number of aliphatic hydroxyl groups excluding tert-OH is 1. The molecule has 13 nitrogen and oxygen atoms in total. The zero-order valence-corrected chi connectivity index (χ0v) is 29.7. The molecule has 0 saturated carbocycles. The number of urea groups is 1. The van der Waals surface area contributed by atoms with E-state index in [2.05, 4.69) is 10.0 Å². The highest BCUT2D eigenvalue weighted by Crippen LogP contribution is 2.34. The maximum atomic E-state index is 14.4. The fraction of sp³-hybridized carbons (Fsp3) is 0.471. The lowest BCUT2D eigenvalue weighted by molar-refractivity contribution is -0.0115. The van der Waals surface area contributed by atoms with E-state index in [9.17, 15) is 23.1 Å². The van der Waals surface area contributed by atoms with Crippen molar-refractivity contribution in [2.45, 2.75) is 62.5 Å². The summed E-state index contributed by atoms with van der Waals surface area (Å²) in [6.45, 7) is 6.29. The number of hydrogen-bond acceptors (Lipinski definition) is 10. The van der Waals surface area contributed by atoms with Crippen LogP contribution in [0, 0.1) is 5.92 Å². The first-order valence-electron chi connectivity index (χ1n) is 16.3. The van der Waals surface area contributed by atoms with E-state index in [0.717, 1.165) is 24.2 Å². The molecule has 0 spiro atoms. The van der Waals surface area contributed by atoms with Crippen LogP contribution in [0.3, 0.4) is 0 Å². The van der Waals surface area contributed by atoms with Gasteiger partial charge >= 0.3 is 6.03 Å². The smallest absolute Gasteiger partial charge is 0.321 e. The van der Waals surface area contributed by atoms with Crippen LogP contribution in [0.25, 0.3) is 0 Å². The van der Waals surface area contributed by atoms with Crippen molar-refractivity contribution in [3.63, 3.8) is 0 Å². The lowest BCUT2D eigenvalue weighted by Crippen LogP contribution is -2.48. The van der Waals surface area contributed by atoms with Crippen LogP contribution >= 0.6 is 11.3 Å². The number of anilines is 2. The number of nitrogens with zero attached hydrogens (tertiary/aromatic N) is 2. The number of hydrogen-bond donors (Lipinski definition) is 3.